The maximum Gasteiger partial charge on any atom is 0.124 e. The van der Waals surface area contributed by atoms with Crippen molar-refractivity contribution in [3.8, 4) is 0 Å². The molecule has 1 saturated heterocycles. The number of benzene rings is 1. The lowest BCUT2D eigenvalue weighted by atomic mass is 9.98. The van der Waals surface area contributed by atoms with Crippen molar-refractivity contribution in [1.82, 2.24) is 0 Å². The highest BCUT2D eigenvalue weighted by Crippen LogP contribution is 2.33. The Bertz CT molecular complexity index is 356. The zero-order valence-corrected chi connectivity index (χ0v) is 9.71. The molecule has 0 amide bonds. The lowest BCUT2D eigenvalue weighted by Crippen LogP contribution is -2.27. The molecule has 1 aromatic rings. The van der Waals surface area contributed by atoms with Crippen LogP contribution in [0.15, 0.2) is 22.7 Å². The molecule has 15 heavy (non-hydrogen) atoms. The molecule has 2 unspecified atom stereocenters. The Morgan fingerprint density at radius 2 is 2.27 bits per heavy atom. The average Bonchev–Trinajstić information content (AvgIpc) is 2.20. The van der Waals surface area contributed by atoms with Crippen LogP contribution in [0.4, 0.5) is 4.39 Å². The summed E-state index contributed by atoms with van der Waals surface area (Å²) in [5, 5.41) is 9.78. The van der Waals surface area contributed by atoms with E-state index in [1.807, 2.05) is 0 Å². The van der Waals surface area contributed by atoms with Crippen molar-refractivity contribution in [3.05, 3.63) is 34.1 Å². The van der Waals surface area contributed by atoms with Gasteiger partial charge in [0.25, 0.3) is 0 Å². The minimum absolute atomic E-state index is 0.295. The van der Waals surface area contributed by atoms with Crippen molar-refractivity contribution in [3.63, 3.8) is 0 Å². The summed E-state index contributed by atoms with van der Waals surface area (Å²) < 4.78 is 19.0. The first-order valence-electron chi connectivity index (χ1n) is 4.93. The molecule has 1 fully saturated rings. The number of ether oxygens (including phenoxy) is 1. The second kappa shape index (κ2) is 4.60. The van der Waals surface area contributed by atoms with E-state index in [1.165, 1.54) is 12.1 Å². The summed E-state index contributed by atoms with van der Waals surface area (Å²) in [5.74, 6) is -0.295. The van der Waals surface area contributed by atoms with Crippen LogP contribution in [-0.4, -0.2) is 17.8 Å². The van der Waals surface area contributed by atoms with Gasteiger partial charge in [-0.15, -0.1) is 0 Å². The van der Waals surface area contributed by atoms with Gasteiger partial charge in [0.2, 0.25) is 0 Å². The molecule has 1 aromatic carbocycles. The molecule has 82 valence electrons. The predicted octanol–water partition coefficient (Wildman–Crippen LogP) is 2.80. The first kappa shape index (κ1) is 11.0. The zero-order chi connectivity index (χ0) is 10.8. The lowest BCUT2D eigenvalue weighted by Gasteiger charge is -2.29. The summed E-state index contributed by atoms with van der Waals surface area (Å²) in [6, 6.07) is 4.42. The molecule has 0 aromatic heterocycles. The minimum atomic E-state index is -0.500. The van der Waals surface area contributed by atoms with E-state index >= 15 is 0 Å². The SMILES string of the molecule is OC1CCCOC1c1ccc(F)cc1Br. The van der Waals surface area contributed by atoms with Crippen molar-refractivity contribution < 1.29 is 14.2 Å². The largest absolute Gasteiger partial charge is 0.390 e. The van der Waals surface area contributed by atoms with Crippen LogP contribution in [0.2, 0.25) is 0 Å². The highest BCUT2D eigenvalue weighted by atomic mass is 79.9. The molecule has 0 radical (unpaired) electrons. The molecule has 1 aliphatic heterocycles. The van der Waals surface area contributed by atoms with Gasteiger partial charge >= 0.3 is 0 Å². The maximum atomic E-state index is 12.9. The molecule has 2 nitrogen and oxygen atoms in total. The van der Waals surface area contributed by atoms with Gasteiger partial charge in [0.05, 0.1) is 6.10 Å². The summed E-state index contributed by atoms with van der Waals surface area (Å²) >= 11 is 3.28. The molecule has 1 N–H and O–H groups in total. The van der Waals surface area contributed by atoms with Gasteiger partial charge in [-0.25, -0.2) is 4.39 Å². The van der Waals surface area contributed by atoms with E-state index in [9.17, 15) is 9.50 Å². The maximum absolute atomic E-state index is 12.9. The Balaban J connectivity index is 2.27. The van der Waals surface area contributed by atoms with Gasteiger partial charge in [-0.2, -0.15) is 0 Å². The van der Waals surface area contributed by atoms with E-state index in [2.05, 4.69) is 15.9 Å². The van der Waals surface area contributed by atoms with Gasteiger partial charge in [-0.1, -0.05) is 22.0 Å². The van der Waals surface area contributed by atoms with Gasteiger partial charge in [0.1, 0.15) is 11.9 Å². The highest BCUT2D eigenvalue weighted by Gasteiger charge is 2.27. The molecule has 0 spiro atoms. The van der Waals surface area contributed by atoms with Crippen LogP contribution in [-0.2, 0) is 4.74 Å². The third-order valence-corrected chi connectivity index (χ3v) is 3.25. The fraction of sp³-hybridized carbons (Fsp3) is 0.455. The van der Waals surface area contributed by atoms with Gasteiger partial charge in [-0.05, 0) is 30.5 Å². The Morgan fingerprint density at radius 1 is 1.47 bits per heavy atom. The monoisotopic (exact) mass is 274 g/mol. The number of halogens is 2. The molecule has 1 aliphatic rings. The van der Waals surface area contributed by atoms with Gasteiger partial charge in [0, 0.05) is 11.1 Å². The number of hydrogen-bond acceptors (Lipinski definition) is 2. The molecular weight excluding hydrogens is 263 g/mol. The third-order valence-electron chi connectivity index (χ3n) is 2.56. The van der Waals surface area contributed by atoms with Crippen LogP contribution in [0, 0.1) is 5.82 Å². The zero-order valence-electron chi connectivity index (χ0n) is 8.12. The summed E-state index contributed by atoms with van der Waals surface area (Å²) in [6.45, 7) is 0.644. The third kappa shape index (κ3) is 2.38. The minimum Gasteiger partial charge on any atom is -0.390 e. The first-order valence-corrected chi connectivity index (χ1v) is 5.72. The molecule has 2 atom stereocenters. The Hall–Kier alpha value is -0.450. The lowest BCUT2D eigenvalue weighted by molar-refractivity contribution is -0.0762. The topological polar surface area (TPSA) is 29.5 Å². The van der Waals surface area contributed by atoms with Crippen LogP contribution in [0.5, 0.6) is 0 Å². The Labute approximate surface area is 96.2 Å². The molecule has 4 heteroatoms. The second-order valence-electron chi connectivity index (χ2n) is 3.67. The second-order valence-corrected chi connectivity index (χ2v) is 4.52. The normalized spacial score (nSPS) is 26.6. The van der Waals surface area contributed by atoms with E-state index in [4.69, 9.17) is 4.74 Å². The fourth-order valence-corrected chi connectivity index (χ4v) is 2.37. The van der Waals surface area contributed by atoms with E-state index in [0.29, 0.717) is 11.1 Å². The van der Waals surface area contributed by atoms with Crippen molar-refractivity contribution in [2.24, 2.45) is 0 Å². The van der Waals surface area contributed by atoms with Gasteiger partial charge in [0.15, 0.2) is 0 Å². The van der Waals surface area contributed by atoms with Crippen LogP contribution < -0.4 is 0 Å². The Morgan fingerprint density at radius 3 is 2.93 bits per heavy atom. The van der Waals surface area contributed by atoms with Crippen LogP contribution in [0.1, 0.15) is 24.5 Å². The Kier molecular flexibility index (Phi) is 3.38. The van der Waals surface area contributed by atoms with Crippen LogP contribution in [0.3, 0.4) is 0 Å². The van der Waals surface area contributed by atoms with E-state index in [-0.39, 0.29) is 11.9 Å². The van der Waals surface area contributed by atoms with Gasteiger partial charge in [-0.3, -0.25) is 0 Å². The molecule has 0 saturated carbocycles. The number of rotatable bonds is 1. The number of aliphatic hydroxyl groups is 1. The van der Waals surface area contributed by atoms with Crippen molar-refractivity contribution in [2.75, 3.05) is 6.61 Å². The molecule has 0 bridgehead atoms. The van der Waals surface area contributed by atoms with Crippen LogP contribution in [0.25, 0.3) is 0 Å². The standard InChI is InChI=1S/C11H12BrFO2/c12-9-6-7(13)3-4-8(9)11-10(14)2-1-5-15-11/h3-4,6,10-11,14H,1-2,5H2. The quantitative estimate of drug-likeness (QED) is 0.854. The average molecular weight is 275 g/mol. The summed E-state index contributed by atoms with van der Waals surface area (Å²) in [6.07, 6.45) is 0.763. The summed E-state index contributed by atoms with van der Waals surface area (Å²) in [4.78, 5) is 0. The number of aliphatic hydroxyl groups excluding tert-OH is 1. The van der Waals surface area contributed by atoms with Gasteiger partial charge < -0.3 is 9.84 Å². The summed E-state index contributed by atoms with van der Waals surface area (Å²) in [7, 11) is 0. The smallest absolute Gasteiger partial charge is 0.124 e. The van der Waals surface area contributed by atoms with Crippen molar-refractivity contribution in [1.29, 1.82) is 0 Å². The summed E-state index contributed by atoms with van der Waals surface area (Å²) in [5.41, 5.74) is 0.809. The van der Waals surface area contributed by atoms with Crippen molar-refractivity contribution >= 4 is 15.9 Å². The van der Waals surface area contributed by atoms with Crippen molar-refractivity contribution in [2.45, 2.75) is 25.0 Å². The van der Waals surface area contributed by atoms with E-state index in [1.54, 1.807) is 6.07 Å². The number of hydrogen-bond donors (Lipinski definition) is 1. The highest BCUT2D eigenvalue weighted by molar-refractivity contribution is 9.10. The van der Waals surface area contributed by atoms with E-state index in [0.717, 1.165) is 18.4 Å². The predicted molar refractivity (Wildman–Crippen MR) is 58.0 cm³/mol. The molecular formula is C11H12BrFO2. The molecule has 0 aliphatic carbocycles. The molecule has 2 rings (SSSR count). The fourth-order valence-electron chi connectivity index (χ4n) is 1.79. The first-order chi connectivity index (χ1) is 7.18. The molecule has 1 heterocycles. The van der Waals surface area contributed by atoms with Crippen LogP contribution >= 0.6 is 15.9 Å². The van der Waals surface area contributed by atoms with E-state index < -0.39 is 6.10 Å².